The number of rotatable bonds is 18. The SMILES string of the molecule is CCCCCCCCCCC=CCCCNc1ccccc1CCCC(=O)O. The van der Waals surface area contributed by atoms with Crippen molar-refractivity contribution < 1.29 is 9.90 Å². The van der Waals surface area contributed by atoms with Crippen LogP contribution in [0.15, 0.2) is 36.4 Å². The van der Waals surface area contributed by atoms with Gasteiger partial charge in [-0.05, 0) is 50.2 Å². The van der Waals surface area contributed by atoms with Gasteiger partial charge in [-0.3, -0.25) is 4.79 Å². The monoisotopic (exact) mass is 387 g/mol. The molecule has 0 atom stereocenters. The molecule has 0 aliphatic heterocycles. The molecule has 1 rings (SSSR count). The maximum atomic E-state index is 10.7. The highest BCUT2D eigenvalue weighted by molar-refractivity contribution is 5.66. The van der Waals surface area contributed by atoms with Crippen molar-refractivity contribution in [2.75, 3.05) is 11.9 Å². The first-order chi connectivity index (χ1) is 13.7. The Bertz CT molecular complexity index is 539. The Balaban J connectivity index is 2.03. The molecular formula is C25H41NO2. The van der Waals surface area contributed by atoms with Gasteiger partial charge in [-0.1, -0.05) is 82.2 Å². The summed E-state index contributed by atoms with van der Waals surface area (Å²) >= 11 is 0. The number of hydrogen-bond acceptors (Lipinski definition) is 2. The second kappa shape index (κ2) is 17.3. The van der Waals surface area contributed by atoms with Crippen molar-refractivity contribution in [1.82, 2.24) is 0 Å². The normalized spacial score (nSPS) is 11.2. The molecule has 158 valence electrons. The van der Waals surface area contributed by atoms with E-state index in [4.69, 9.17) is 5.11 Å². The number of carboxylic acid groups (broad SMARTS) is 1. The van der Waals surface area contributed by atoms with E-state index in [1.165, 1.54) is 63.4 Å². The number of carboxylic acids is 1. The number of unbranched alkanes of at least 4 members (excludes halogenated alkanes) is 9. The van der Waals surface area contributed by atoms with E-state index < -0.39 is 5.97 Å². The Hall–Kier alpha value is -1.77. The molecule has 0 unspecified atom stereocenters. The fraction of sp³-hybridized carbons (Fsp3) is 0.640. The highest BCUT2D eigenvalue weighted by Crippen LogP contribution is 2.17. The first-order valence-corrected chi connectivity index (χ1v) is 11.4. The van der Waals surface area contributed by atoms with Crippen molar-refractivity contribution in [3.63, 3.8) is 0 Å². The average Bonchev–Trinajstić information content (AvgIpc) is 2.69. The number of aliphatic carboxylic acids is 1. The van der Waals surface area contributed by atoms with E-state index in [-0.39, 0.29) is 6.42 Å². The molecule has 1 aromatic carbocycles. The summed E-state index contributed by atoms with van der Waals surface area (Å²) in [6.45, 7) is 3.23. The van der Waals surface area contributed by atoms with Gasteiger partial charge in [0.1, 0.15) is 0 Å². The van der Waals surface area contributed by atoms with Gasteiger partial charge in [-0.2, -0.15) is 0 Å². The molecule has 0 aliphatic rings. The van der Waals surface area contributed by atoms with Gasteiger partial charge in [-0.15, -0.1) is 0 Å². The molecule has 0 spiro atoms. The van der Waals surface area contributed by atoms with Crippen LogP contribution in [0, 0.1) is 0 Å². The Morgan fingerprint density at radius 1 is 0.893 bits per heavy atom. The maximum absolute atomic E-state index is 10.7. The minimum atomic E-state index is -0.718. The largest absolute Gasteiger partial charge is 0.481 e. The number of aryl methyl sites for hydroxylation is 1. The third-order valence-electron chi connectivity index (χ3n) is 5.11. The molecule has 0 heterocycles. The smallest absolute Gasteiger partial charge is 0.303 e. The number of anilines is 1. The number of allylic oxidation sites excluding steroid dienone is 2. The van der Waals surface area contributed by atoms with E-state index in [1.54, 1.807) is 0 Å². The van der Waals surface area contributed by atoms with Gasteiger partial charge >= 0.3 is 5.97 Å². The summed E-state index contributed by atoms with van der Waals surface area (Å²) in [4.78, 5) is 10.7. The quantitative estimate of drug-likeness (QED) is 0.204. The van der Waals surface area contributed by atoms with Crippen molar-refractivity contribution in [3.8, 4) is 0 Å². The van der Waals surface area contributed by atoms with Gasteiger partial charge in [0.05, 0.1) is 0 Å². The van der Waals surface area contributed by atoms with Crippen LogP contribution in [0.25, 0.3) is 0 Å². The van der Waals surface area contributed by atoms with Gasteiger partial charge in [-0.25, -0.2) is 0 Å². The second-order valence-electron chi connectivity index (χ2n) is 7.71. The fourth-order valence-corrected chi connectivity index (χ4v) is 3.42. The third kappa shape index (κ3) is 13.4. The van der Waals surface area contributed by atoms with Gasteiger partial charge in [0.15, 0.2) is 0 Å². The van der Waals surface area contributed by atoms with E-state index in [2.05, 4.69) is 36.5 Å². The van der Waals surface area contributed by atoms with Gasteiger partial charge in [0.2, 0.25) is 0 Å². The zero-order valence-electron chi connectivity index (χ0n) is 17.9. The molecule has 1 aromatic rings. The Morgan fingerprint density at radius 2 is 1.54 bits per heavy atom. The van der Waals surface area contributed by atoms with Crippen LogP contribution in [-0.4, -0.2) is 17.6 Å². The Kier molecular flexibility index (Phi) is 15.0. The molecular weight excluding hydrogens is 346 g/mol. The number of benzene rings is 1. The van der Waals surface area contributed by atoms with Crippen molar-refractivity contribution in [2.24, 2.45) is 0 Å². The van der Waals surface area contributed by atoms with Crippen LogP contribution in [0.2, 0.25) is 0 Å². The molecule has 0 bridgehead atoms. The molecule has 0 saturated carbocycles. The summed E-state index contributed by atoms with van der Waals surface area (Å²) in [6.07, 6.45) is 20.9. The molecule has 0 radical (unpaired) electrons. The summed E-state index contributed by atoms with van der Waals surface area (Å²) < 4.78 is 0. The van der Waals surface area contributed by atoms with E-state index in [0.717, 1.165) is 31.5 Å². The number of hydrogen-bond donors (Lipinski definition) is 2. The second-order valence-corrected chi connectivity index (χ2v) is 7.71. The van der Waals surface area contributed by atoms with Crippen LogP contribution in [0.4, 0.5) is 5.69 Å². The van der Waals surface area contributed by atoms with Crippen molar-refractivity contribution in [3.05, 3.63) is 42.0 Å². The zero-order chi connectivity index (χ0) is 20.3. The van der Waals surface area contributed by atoms with Crippen LogP contribution >= 0.6 is 0 Å². The topological polar surface area (TPSA) is 49.3 Å². The molecule has 0 aliphatic carbocycles. The summed E-state index contributed by atoms with van der Waals surface area (Å²) in [6, 6.07) is 8.24. The maximum Gasteiger partial charge on any atom is 0.303 e. The lowest BCUT2D eigenvalue weighted by Gasteiger charge is -2.11. The summed E-state index contributed by atoms with van der Waals surface area (Å²) in [5, 5.41) is 12.3. The van der Waals surface area contributed by atoms with Crippen LogP contribution in [0.3, 0.4) is 0 Å². The minimum Gasteiger partial charge on any atom is -0.481 e. The Morgan fingerprint density at radius 3 is 2.25 bits per heavy atom. The van der Waals surface area contributed by atoms with Crippen LogP contribution in [0.5, 0.6) is 0 Å². The number of nitrogens with one attached hydrogen (secondary N) is 1. The van der Waals surface area contributed by atoms with Crippen molar-refractivity contribution in [2.45, 2.75) is 96.8 Å². The van der Waals surface area contributed by atoms with E-state index in [0.29, 0.717) is 6.42 Å². The molecule has 0 amide bonds. The van der Waals surface area contributed by atoms with Crippen molar-refractivity contribution in [1.29, 1.82) is 0 Å². The predicted octanol–water partition coefficient (Wildman–Crippen LogP) is 7.37. The number of carbonyl (C=O) groups is 1. The lowest BCUT2D eigenvalue weighted by atomic mass is 10.1. The summed E-state index contributed by atoms with van der Waals surface area (Å²) in [5.74, 6) is -0.718. The van der Waals surface area contributed by atoms with Crippen LogP contribution < -0.4 is 5.32 Å². The highest BCUT2D eigenvalue weighted by atomic mass is 16.4. The summed E-state index contributed by atoms with van der Waals surface area (Å²) in [7, 11) is 0. The Labute approximate surface area is 172 Å². The molecule has 0 aromatic heterocycles. The molecule has 3 heteroatoms. The van der Waals surface area contributed by atoms with Crippen LogP contribution in [0.1, 0.15) is 96.0 Å². The predicted molar refractivity (Wildman–Crippen MR) is 121 cm³/mol. The zero-order valence-corrected chi connectivity index (χ0v) is 17.9. The van der Waals surface area contributed by atoms with Crippen LogP contribution in [-0.2, 0) is 11.2 Å². The molecule has 3 nitrogen and oxygen atoms in total. The van der Waals surface area contributed by atoms with Gasteiger partial charge < -0.3 is 10.4 Å². The molecule has 2 N–H and O–H groups in total. The lowest BCUT2D eigenvalue weighted by molar-refractivity contribution is -0.137. The first kappa shape index (κ1) is 24.3. The highest BCUT2D eigenvalue weighted by Gasteiger charge is 2.03. The standard InChI is InChI=1S/C25H41NO2/c1-2-3-4-5-6-7-8-9-10-11-12-13-16-22-26-24-20-15-14-18-23(24)19-17-21-25(27)28/h11-12,14-15,18,20,26H,2-10,13,16-17,19,21-22H2,1H3,(H,27,28). The molecule has 0 saturated heterocycles. The molecule has 28 heavy (non-hydrogen) atoms. The van der Waals surface area contributed by atoms with E-state index in [1.807, 2.05) is 12.1 Å². The van der Waals surface area contributed by atoms with E-state index in [9.17, 15) is 4.79 Å². The van der Waals surface area contributed by atoms with Gasteiger partial charge in [0.25, 0.3) is 0 Å². The van der Waals surface area contributed by atoms with E-state index >= 15 is 0 Å². The molecule has 0 fully saturated rings. The minimum absolute atomic E-state index is 0.234. The average molecular weight is 388 g/mol. The van der Waals surface area contributed by atoms with Crippen molar-refractivity contribution >= 4 is 11.7 Å². The van der Waals surface area contributed by atoms with Gasteiger partial charge in [0, 0.05) is 18.7 Å². The third-order valence-corrected chi connectivity index (χ3v) is 5.11. The number of para-hydroxylation sites is 1. The lowest BCUT2D eigenvalue weighted by Crippen LogP contribution is -2.04. The first-order valence-electron chi connectivity index (χ1n) is 11.4. The fourth-order valence-electron chi connectivity index (χ4n) is 3.42. The summed E-state index contributed by atoms with van der Waals surface area (Å²) in [5.41, 5.74) is 2.37.